The van der Waals surface area contributed by atoms with Gasteiger partial charge in [0.15, 0.2) is 0 Å². The lowest BCUT2D eigenvalue weighted by Crippen LogP contribution is -2.21. The Labute approximate surface area is 122 Å². The predicted octanol–water partition coefficient (Wildman–Crippen LogP) is 3.68. The first-order valence-corrected chi connectivity index (χ1v) is 6.95. The number of fused-ring (bicyclic) bond motifs is 3. The smallest absolute Gasteiger partial charge is 0.234 e. The topological polar surface area (TPSA) is 34.1 Å². The lowest BCUT2D eigenvalue weighted by atomic mass is 9.83. The van der Waals surface area contributed by atoms with Gasteiger partial charge in [0.25, 0.3) is 0 Å². The SMILES string of the molecule is O=C1C(=O)c2ccc(C=CCS)cc2-c2ccccc21. The van der Waals surface area contributed by atoms with Gasteiger partial charge in [-0.1, -0.05) is 42.5 Å². The first kappa shape index (κ1) is 12.9. The number of carbonyl (C=O) groups is 2. The van der Waals surface area contributed by atoms with Crippen molar-refractivity contribution in [3.8, 4) is 11.1 Å². The zero-order valence-corrected chi connectivity index (χ0v) is 11.6. The zero-order valence-electron chi connectivity index (χ0n) is 10.7. The minimum atomic E-state index is -0.427. The van der Waals surface area contributed by atoms with Crippen LogP contribution in [0.2, 0.25) is 0 Å². The molecule has 0 saturated heterocycles. The van der Waals surface area contributed by atoms with E-state index >= 15 is 0 Å². The highest BCUT2D eigenvalue weighted by Gasteiger charge is 2.29. The number of hydrogen-bond acceptors (Lipinski definition) is 3. The summed E-state index contributed by atoms with van der Waals surface area (Å²) in [6, 6.07) is 12.8. The molecule has 0 N–H and O–H groups in total. The quantitative estimate of drug-likeness (QED) is 0.672. The minimum Gasteiger partial charge on any atom is -0.285 e. The van der Waals surface area contributed by atoms with Crippen LogP contribution in [0.25, 0.3) is 17.2 Å². The molecule has 0 aromatic heterocycles. The maximum Gasteiger partial charge on any atom is 0.234 e. The highest BCUT2D eigenvalue weighted by Crippen LogP contribution is 2.34. The van der Waals surface area contributed by atoms with Crippen LogP contribution in [-0.2, 0) is 0 Å². The molecule has 20 heavy (non-hydrogen) atoms. The third-order valence-corrected chi connectivity index (χ3v) is 3.58. The van der Waals surface area contributed by atoms with Gasteiger partial charge in [-0.15, -0.1) is 0 Å². The average molecular weight is 280 g/mol. The standard InChI is InChI=1S/C17H12O2S/c18-16-13-6-2-1-5-12(13)15-10-11(4-3-9-20)7-8-14(15)17(16)19/h1-8,10,20H,9H2. The number of ketones is 2. The second-order valence-electron chi connectivity index (χ2n) is 4.59. The Bertz CT molecular complexity index is 744. The van der Waals surface area contributed by atoms with Gasteiger partial charge < -0.3 is 0 Å². The van der Waals surface area contributed by atoms with E-state index in [1.165, 1.54) is 0 Å². The Hall–Kier alpha value is -2.13. The molecule has 0 spiro atoms. The third kappa shape index (κ3) is 2.00. The highest BCUT2D eigenvalue weighted by molar-refractivity contribution is 7.80. The van der Waals surface area contributed by atoms with E-state index in [1.54, 1.807) is 18.2 Å². The molecule has 3 heteroatoms. The van der Waals surface area contributed by atoms with Crippen molar-refractivity contribution in [2.45, 2.75) is 0 Å². The summed E-state index contributed by atoms with van der Waals surface area (Å²) in [5.41, 5.74) is 3.62. The van der Waals surface area contributed by atoms with E-state index in [0.717, 1.165) is 16.7 Å². The lowest BCUT2D eigenvalue weighted by Gasteiger charge is -2.18. The molecule has 2 aromatic carbocycles. The Kier molecular flexibility index (Phi) is 3.28. The summed E-state index contributed by atoms with van der Waals surface area (Å²) in [6.07, 6.45) is 3.89. The van der Waals surface area contributed by atoms with Crippen LogP contribution < -0.4 is 0 Å². The number of hydrogen-bond donors (Lipinski definition) is 1. The van der Waals surface area contributed by atoms with Crippen LogP contribution in [0.3, 0.4) is 0 Å². The fraction of sp³-hybridized carbons (Fsp3) is 0.0588. The number of thiol groups is 1. The second kappa shape index (κ2) is 5.10. The summed E-state index contributed by atoms with van der Waals surface area (Å²) in [5.74, 6) is -0.194. The van der Waals surface area contributed by atoms with Crippen molar-refractivity contribution in [3.05, 3.63) is 65.2 Å². The van der Waals surface area contributed by atoms with Gasteiger partial charge in [-0.25, -0.2) is 0 Å². The van der Waals surface area contributed by atoms with Crippen LogP contribution in [0.1, 0.15) is 26.3 Å². The lowest BCUT2D eigenvalue weighted by molar-refractivity contribution is 0.0815. The van der Waals surface area contributed by atoms with Gasteiger partial charge >= 0.3 is 0 Å². The van der Waals surface area contributed by atoms with E-state index in [9.17, 15) is 9.59 Å². The molecule has 0 amide bonds. The molecule has 0 bridgehead atoms. The molecule has 3 rings (SSSR count). The monoisotopic (exact) mass is 280 g/mol. The Balaban J connectivity index is 2.23. The van der Waals surface area contributed by atoms with Gasteiger partial charge in [-0.2, -0.15) is 12.6 Å². The van der Waals surface area contributed by atoms with Crippen molar-refractivity contribution in [2.24, 2.45) is 0 Å². The number of Topliss-reactive ketones (excluding diaryl/α,β-unsaturated/α-hetero) is 2. The molecule has 1 aliphatic carbocycles. The predicted molar refractivity (Wildman–Crippen MR) is 83.4 cm³/mol. The van der Waals surface area contributed by atoms with Crippen molar-refractivity contribution >= 4 is 30.3 Å². The average Bonchev–Trinajstić information content (AvgIpc) is 2.50. The Morgan fingerprint density at radius 2 is 1.50 bits per heavy atom. The van der Waals surface area contributed by atoms with Crippen LogP contribution in [0.5, 0.6) is 0 Å². The van der Waals surface area contributed by atoms with Gasteiger partial charge in [0, 0.05) is 16.9 Å². The molecular weight excluding hydrogens is 268 g/mol. The molecule has 0 fully saturated rings. The summed E-state index contributed by atoms with van der Waals surface area (Å²) in [7, 11) is 0. The van der Waals surface area contributed by atoms with E-state index in [-0.39, 0.29) is 0 Å². The highest BCUT2D eigenvalue weighted by atomic mass is 32.1. The van der Waals surface area contributed by atoms with E-state index in [4.69, 9.17) is 0 Å². The molecule has 0 saturated carbocycles. The molecule has 0 radical (unpaired) electrons. The van der Waals surface area contributed by atoms with Crippen LogP contribution in [0.4, 0.5) is 0 Å². The number of rotatable bonds is 2. The summed E-state index contributed by atoms with van der Waals surface area (Å²) in [4.78, 5) is 24.2. The van der Waals surface area contributed by atoms with E-state index in [1.807, 2.05) is 36.4 Å². The van der Waals surface area contributed by atoms with Crippen molar-refractivity contribution in [1.29, 1.82) is 0 Å². The summed E-state index contributed by atoms with van der Waals surface area (Å²) >= 11 is 4.13. The van der Waals surface area contributed by atoms with Crippen LogP contribution in [0.15, 0.2) is 48.5 Å². The summed E-state index contributed by atoms with van der Waals surface area (Å²) in [6.45, 7) is 0. The molecule has 0 aliphatic heterocycles. The van der Waals surface area contributed by atoms with E-state index in [0.29, 0.717) is 16.9 Å². The molecular formula is C17H12O2S. The zero-order chi connectivity index (χ0) is 14.1. The minimum absolute atomic E-state index is 0.424. The molecule has 0 unspecified atom stereocenters. The fourth-order valence-electron chi connectivity index (χ4n) is 2.44. The molecule has 2 aromatic rings. The Morgan fingerprint density at radius 3 is 2.20 bits per heavy atom. The molecule has 98 valence electrons. The first-order chi connectivity index (χ1) is 9.72. The maximum absolute atomic E-state index is 12.1. The summed E-state index contributed by atoms with van der Waals surface area (Å²) < 4.78 is 0. The number of carbonyl (C=O) groups excluding carboxylic acids is 2. The fourth-order valence-corrected chi connectivity index (χ4v) is 2.54. The van der Waals surface area contributed by atoms with Crippen molar-refractivity contribution in [3.63, 3.8) is 0 Å². The van der Waals surface area contributed by atoms with Crippen molar-refractivity contribution < 1.29 is 9.59 Å². The van der Waals surface area contributed by atoms with Gasteiger partial charge in [-0.3, -0.25) is 9.59 Å². The van der Waals surface area contributed by atoms with Crippen molar-refractivity contribution in [1.82, 2.24) is 0 Å². The van der Waals surface area contributed by atoms with E-state index < -0.39 is 11.6 Å². The van der Waals surface area contributed by atoms with Gasteiger partial charge in [0.05, 0.1) is 0 Å². The molecule has 0 atom stereocenters. The molecule has 1 aliphatic rings. The van der Waals surface area contributed by atoms with Crippen LogP contribution in [-0.4, -0.2) is 17.3 Å². The largest absolute Gasteiger partial charge is 0.285 e. The normalized spacial score (nSPS) is 13.4. The molecule has 2 nitrogen and oxygen atoms in total. The second-order valence-corrected chi connectivity index (χ2v) is 4.96. The first-order valence-electron chi connectivity index (χ1n) is 6.32. The third-order valence-electron chi connectivity index (χ3n) is 3.37. The summed E-state index contributed by atoms with van der Waals surface area (Å²) in [5, 5.41) is 0. The number of benzene rings is 2. The van der Waals surface area contributed by atoms with Crippen LogP contribution in [0, 0.1) is 0 Å². The Morgan fingerprint density at radius 1 is 0.850 bits per heavy atom. The molecule has 0 heterocycles. The van der Waals surface area contributed by atoms with Crippen molar-refractivity contribution in [2.75, 3.05) is 5.75 Å². The van der Waals surface area contributed by atoms with Gasteiger partial charge in [-0.05, 0) is 28.8 Å². The van der Waals surface area contributed by atoms with Gasteiger partial charge in [0.1, 0.15) is 0 Å². The van der Waals surface area contributed by atoms with Crippen LogP contribution >= 0.6 is 12.6 Å². The van der Waals surface area contributed by atoms with Gasteiger partial charge in [0.2, 0.25) is 11.6 Å². The van der Waals surface area contributed by atoms with E-state index in [2.05, 4.69) is 12.6 Å². The maximum atomic E-state index is 12.1.